The standard InChI is InChI=1S/C11H14O3S/c1-3-14-11(13)8-5-9(12)7-10(6-8)15-4-2/h5-7,12H,3-4H2,1-2H3. The average molecular weight is 226 g/mol. The van der Waals surface area contributed by atoms with Crippen LogP contribution in [0.15, 0.2) is 23.1 Å². The molecule has 4 heteroatoms. The second-order valence-corrected chi connectivity index (χ2v) is 4.21. The number of carbonyl (C=O) groups is 1. The summed E-state index contributed by atoms with van der Waals surface area (Å²) in [4.78, 5) is 12.3. The van der Waals surface area contributed by atoms with E-state index in [-0.39, 0.29) is 5.75 Å². The molecular formula is C11H14O3S. The third-order valence-electron chi connectivity index (χ3n) is 1.71. The molecule has 0 aliphatic heterocycles. The fourth-order valence-corrected chi connectivity index (χ4v) is 1.91. The molecule has 0 aromatic heterocycles. The molecule has 0 amide bonds. The largest absolute Gasteiger partial charge is 0.508 e. The molecule has 0 atom stereocenters. The van der Waals surface area contributed by atoms with Gasteiger partial charge in [0.2, 0.25) is 0 Å². The maximum atomic E-state index is 11.4. The van der Waals surface area contributed by atoms with Crippen molar-refractivity contribution >= 4 is 17.7 Å². The molecule has 1 rings (SSSR count). The number of ether oxygens (including phenoxy) is 1. The van der Waals surface area contributed by atoms with E-state index in [2.05, 4.69) is 0 Å². The van der Waals surface area contributed by atoms with Gasteiger partial charge in [-0.05, 0) is 30.9 Å². The lowest BCUT2D eigenvalue weighted by molar-refractivity contribution is 0.0525. The summed E-state index contributed by atoms with van der Waals surface area (Å²) in [5.41, 5.74) is 0.396. The number of phenols is 1. The molecule has 0 heterocycles. The summed E-state index contributed by atoms with van der Waals surface area (Å²) in [6.07, 6.45) is 0. The Balaban J connectivity index is 2.92. The number of benzene rings is 1. The van der Waals surface area contributed by atoms with E-state index in [0.29, 0.717) is 12.2 Å². The summed E-state index contributed by atoms with van der Waals surface area (Å²) in [5.74, 6) is 0.592. The predicted molar refractivity (Wildman–Crippen MR) is 60.5 cm³/mol. The maximum absolute atomic E-state index is 11.4. The van der Waals surface area contributed by atoms with Crippen LogP contribution in [0, 0.1) is 0 Å². The first-order valence-electron chi connectivity index (χ1n) is 4.81. The van der Waals surface area contributed by atoms with Gasteiger partial charge in [0.05, 0.1) is 12.2 Å². The molecular weight excluding hydrogens is 212 g/mol. The number of thioether (sulfide) groups is 1. The number of phenolic OH excluding ortho intramolecular Hbond substituents is 1. The van der Waals surface area contributed by atoms with Crippen molar-refractivity contribution < 1.29 is 14.6 Å². The van der Waals surface area contributed by atoms with Crippen molar-refractivity contribution in [1.29, 1.82) is 0 Å². The maximum Gasteiger partial charge on any atom is 0.338 e. The van der Waals surface area contributed by atoms with E-state index in [1.165, 1.54) is 6.07 Å². The van der Waals surface area contributed by atoms with E-state index in [1.54, 1.807) is 30.8 Å². The van der Waals surface area contributed by atoms with Crippen LogP contribution >= 0.6 is 11.8 Å². The minimum atomic E-state index is -0.397. The molecule has 0 spiro atoms. The summed E-state index contributed by atoms with van der Waals surface area (Å²) in [6.45, 7) is 4.10. The highest BCUT2D eigenvalue weighted by Crippen LogP contribution is 2.24. The summed E-state index contributed by atoms with van der Waals surface area (Å²) in [5, 5.41) is 9.42. The van der Waals surface area contributed by atoms with Crippen LogP contribution in [0.2, 0.25) is 0 Å². The Bertz CT molecular complexity index is 350. The molecule has 0 saturated heterocycles. The quantitative estimate of drug-likeness (QED) is 0.633. The Morgan fingerprint density at radius 3 is 2.73 bits per heavy atom. The molecule has 1 aromatic carbocycles. The molecule has 0 aliphatic rings. The number of aromatic hydroxyl groups is 1. The van der Waals surface area contributed by atoms with E-state index < -0.39 is 5.97 Å². The lowest BCUT2D eigenvalue weighted by atomic mass is 10.2. The zero-order chi connectivity index (χ0) is 11.3. The number of rotatable bonds is 4. The van der Waals surface area contributed by atoms with Gasteiger partial charge in [0.25, 0.3) is 0 Å². The normalized spacial score (nSPS) is 10.0. The summed E-state index contributed by atoms with van der Waals surface area (Å²) < 4.78 is 4.86. The highest BCUT2D eigenvalue weighted by atomic mass is 32.2. The van der Waals surface area contributed by atoms with Crippen molar-refractivity contribution in [2.45, 2.75) is 18.7 Å². The van der Waals surface area contributed by atoms with Crippen molar-refractivity contribution in [3.05, 3.63) is 23.8 Å². The fraction of sp³-hybridized carbons (Fsp3) is 0.364. The van der Waals surface area contributed by atoms with Crippen LogP contribution in [-0.2, 0) is 4.74 Å². The van der Waals surface area contributed by atoms with Gasteiger partial charge < -0.3 is 9.84 Å². The zero-order valence-electron chi connectivity index (χ0n) is 8.82. The third kappa shape index (κ3) is 3.47. The topological polar surface area (TPSA) is 46.5 Å². The van der Waals surface area contributed by atoms with Gasteiger partial charge >= 0.3 is 5.97 Å². The molecule has 3 nitrogen and oxygen atoms in total. The summed E-state index contributed by atoms with van der Waals surface area (Å²) in [6, 6.07) is 4.78. The minimum absolute atomic E-state index is 0.0940. The van der Waals surface area contributed by atoms with Gasteiger partial charge in [0.1, 0.15) is 5.75 Å². The number of carbonyl (C=O) groups excluding carboxylic acids is 1. The Morgan fingerprint density at radius 1 is 1.40 bits per heavy atom. The molecule has 0 saturated carbocycles. The van der Waals surface area contributed by atoms with Crippen molar-refractivity contribution in [2.24, 2.45) is 0 Å². The molecule has 82 valence electrons. The molecule has 1 N–H and O–H groups in total. The smallest absolute Gasteiger partial charge is 0.338 e. The predicted octanol–water partition coefficient (Wildman–Crippen LogP) is 2.68. The highest BCUT2D eigenvalue weighted by molar-refractivity contribution is 7.99. The molecule has 0 fully saturated rings. The second kappa shape index (κ2) is 5.66. The Kier molecular flexibility index (Phi) is 4.49. The Morgan fingerprint density at radius 2 is 2.13 bits per heavy atom. The van der Waals surface area contributed by atoms with Crippen LogP contribution in [0.3, 0.4) is 0 Å². The van der Waals surface area contributed by atoms with Crippen molar-refractivity contribution in [3.63, 3.8) is 0 Å². The molecule has 15 heavy (non-hydrogen) atoms. The van der Waals surface area contributed by atoms with Crippen molar-refractivity contribution in [1.82, 2.24) is 0 Å². The Hall–Kier alpha value is -1.16. The lowest BCUT2D eigenvalue weighted by Crippen LogP contribution is -2.04. The minimum Gasteiger partial charge on any atom is -0.508 e. The van der Waals surface area contributed by atoms with Crippen LogP contribution in [0.25, 0.3) is 0 Å². The SMILES string of the molecule is CCOC(=O)c1cc(O)cc(SCC)c1. The number of esters is 1. The van der Waals surface area contributed by atoms with Crippen molar-refractivity contribution in [2.75, 3.05) is 12.4 Å². The van der Waals surface area contributed by atoms with Gasteiger partial charge in [-0.2, -0.15) is 0 Å². The molecule has 0 bridgehead atoms. The molecule has 1 aromatic rings. The summed E-state index contributed by atoms with van der Waals surface area (Å²) in [7, 11) is 0. The van der Waals surface area contributed by atoms with Gasteiger partial charge in [-0.1, -0.05) is 6.92 Å². The van der Waals surface area contributed by atoms with E-state index in [4.69, 9.17) is 4.74 Å². The van der Waals surface area contributed by atoms with E-state index in [0.717, 1.165) is 10.6 Å². The van der Waals surface area contributed by atoms with Gasteiger partial charge in [-0.25, -0.2) is 4.79 Å². The number of hydrogen-bond donors (Lipinski definition) is 1. The molecule has 0 unspecified atom stereocenters. The van der Waals surface area contributed by atoms with Crippen LogP contribution < -0.4 is 0 Å². The zero-order valence-corrected chi connectivity index (χ0v) is 9.63. The Labute approximate surface area is 93.4 Å². The molecule has 0 radical (unpaired) electrons. The van der Waals surface area contributed by atoms with Gasteiger partial charge in [-0.3, -0.25) is 0 Å². The summed E-state index contributed by atoms with van der Waals surface area (Å²) >= 11 is 1.57. The first-order valence-corrected chi connectivity index (χ1v) is 5.80. The first-order chi connectivity index (χ1) is 7.17. The van der Waals surface area contributed by atoms with E-state index in [9.17, 15) is 9.90 Å². The van der Waals surface area contributed by atoms with Crippen LogP contribution in [0.5, 0.6) is 5.75 Å². The van der Waals surface area contributed by atoms with Crippen LogP contribution in [0.4, 0.5) is 0 Å². The first kappa shape index (κ1) is 11.9. The third-order valence-corrected chi connectivity index (χ3v) is 2.57. The second-order valence-electron chi connectivity index (χ2n) is 2.87. The van der Waals surface area contributed by atoms with Gasteiger partial charge in [0, 0.05) is 4.90 Å². The average Bonchev–Trinajstić information content (AvgIpc) is 2.17. The fourth-order valence-electron chi connectivity index (χ4n) is 1.17. The van der Waals surface area contributed by atoms with Crippen molar-refractivity contribution in [3.8, 4) is 5.75 Å². The van der Waals surface area contributed by atoms with Crippen LogP contribution in [0.1, 0.15) is 24.2 Å². The monoisotopic (exact) mass is 226 g/mol. The number of hydrogen-bond acceptors (Lipinski definition) is 4. The van der Waals surface area contributed by atoms with Gasteiger partial charge in [0.15, 0.2) is 0 Å². The molecule has 0 aliphatic carbocycles. The van der Waals surface area contributed by atoms with E-state index >= 15 is 0 Å². The highest BCUT2D eigenvalue weighted by Gasteiger charge is 2.09. The van der Waals surface area contributed by atoms with Gasteiger partial charge in [-0.15, -0.1) is 11.8 Å². The van der Waals surface area contributed by atoms with E-state index in [1.807, 2.05) is 6.92 Å². The van der Waals surface area contributed by atoms with Crippen LogP contribution in [-0.4, -0.2) is 23.4 Å². The lowest BCUT2D eigenvalue weighted by Gasteiger charge is -2.05.